The molecule has 0 aromatic heterocycles. The molecule has 9 heteroatoms. The van der Waals surface area contributed by atoms with Gasteiger partial charge in [-0.1, -0.05) is 0 Å². The highest BCUT2D eigenvalue weighted by Crippen LogP contribution is 2.20. The van der Waals surface area contributed by atoms with E-state index in [1.165, 1.54) is 24.3 Å². The number of anilines is 1. The first-order chi connectivity index (χ1) is 9.76. The van der Waals surface area contributed by atoms with Crippen molar-refractivity contribution in [2.45, 2.75) is 6.18 Å². The number of carboxylic acid groups (broad SMARTS) is 1. The highest BCUT2D eigenvalue weighted by molar-refractivity contribution is 5.91. The van der Waals surface area contributed by atoms with E-state index < -0.39 is 37.9 Å². The summed E-state index contributed by atoms with van der Waals surface area (Å²) in [5.41, 5.74) is 0.318. The summed E-state index contributed by atoms with van der Waals surface area (Å²) in [6, 6.07) is 5.22. The fourth-order valence-electron chi connectivity index (χ4n) is 1.23. The zero-order chi connectivity index (χ0) is 15.9. The smallest absolute Gasteiger partial charge is 0.422 e. The van der Waals surface area contributed by atoms with Gasteiger partial charge in [0.05, 0.1) is 0 Å². The molecule has 0 fully saturated rings. The van der Waals surface area contributed by atoms with Gasteiger partial charge in [0.25, 0.3) is 0 Å². The Hall–Kier alpha value is -2.29. The Bertz CT molecular complexity index is 487. The minimum Gasteiger partial charge on any atom is -0.484 e. The Morgan fingerprint density at radius 1 is 1.14 bits per heavy atom. The quantitative estimate of drug-likeness (QED) is 0.800. The average Bonchev–Trinajstić information content (AvgIpc) is 2.36. The average molecular weight is 307 g/mol. The van der Waals surface area contributed by atoms with Crippen molar-refractivity contribution in [2.75, 3.05) is 25.1 Å². The van der Waals surface area contributed by atoms with Crippen molar-refractivity contribution < 1.29 is 37.3 Å². The second-order valence-electron chi connectivity index (χ2n) is 3.86. The Kier molecular flexibility index (Phi) is 5.97. The number of alkyl halides is 3. The fourth-order valence-corrected chi connectivity index (χ4v) is 1.23. The third-order valence-electron chi connectivity index (χ3n) is 2.00. The normalized spacial score (nSPS) is 11.0. The van der Waals surface area contributed by atoms with Crippen LogP contribution in [0.25, 0.3) is 0 Å². The lowest BCUT2D eigenvalue weighted by atomic mass is 10.3. The van der Waals surface area contributed by atoms with Crippen LogP contribution in [0.2, 0.25) is 0 Å². The number of ether oxygens (including phenoxy) is 2. The summed E-state index contributed by atoms with van der Waals surface area (Å²) in [6.07, 6.45) is -4.42. The van der Waals surface area contributed by atoms with Gasteiger partial charge < -0.3 is 19.9 Å². The standard InChI is InChI=1S/C12H12F3NO5/c13-12(14,15)7-21-9-3-1-8(2-4-9)16-10(17)5-20-6-11(18)19/h1-4H,5-7H2,(H,16,17)(H,18,19). The van der Waals surface area contributed by atoms with Crippen molar-refractivity contribution in [3.05, 3.63) is 24.3 Å². The molecule has 1 amide bonds. The highest BCUT2D eigenvalue weighted by Gasteiger charge is 2.28. The zero-order valence-corrected chi connectivity index (χ0v) is 10.6. The largest absolute Gasteiger partial charge is 0.484 e. The van der Waals surface area contributed by atoms with E-state index in [0.29, 0.717) is 5.69 Å². The van der Waals surface area contributed by atoms with Gasteiger partial charge in [0, 0.05) is 5.69 Å². The monoisotopic (exact) mass is 307 g/mol. The van der Waals surface area contributed by atoms with Gasteiger partial charge in [-0.15, -0.1) is 0 Å². The maximum Gasteiger partial charge on any atom is 0.422 e. The molecular formula is C12H12F3NO5. The summed E-state index contributed by atoms with van der Waals surface area (Å²) in [7, 11) is 0. The fraction of sp³-hybridized carbons (Fsp3) is 0.333. The summed E-state index contributed by atoms with van der Waals surface area (Å²) >= 11 is 0. The number of halogens is 3. The number of carbonyl (C=O) groups excluding carboxylic acids is 1. The molecule has 2 N–H and O–H groups in total. The predicted molar refractivity (Wildman–Crippen MR) is 65.1 cm³/mol. The highest BCUT2D eigenvalue weighted by atomic mass is 19.4. The van der Waals surface area contributed by atoms with Crippen LogP contribution in [-0.2, 0) is 14.3 Å². The molecule has 0 spiro atoms. The van der Waals surface area contributed by atoms with E-state index >= 15 is 0 Å². The Morgan fingerprint density at radius 2 is 1.76 bits per heavy atom. The van der Waals surface area contributed by atoms with Crippen molar-refractivity contribution in [1.82, 2.24) is 0 Å². The van der Waals surface area contributed by atoms with E-state index in [2.05, 4.69) is 14.8 Å². The number of hydrogen-bond donors (Lipinski definition) is 2. The molecule has 1 aromatic rings. The van der Waals surface area contributed by atoms with E-state index in [1.807, 2.05) is 0 Å². The number of carbonyl (C=O) groups is 2. The number of benzene rings is 1. The summed E-state index contributed by atoms with van der Waals surface area (Å²) in [5, 5.41) is 10.7. The molecule has 1 rings (SSSR count). The van der Waals surface area contributed by atoms with Crippen molar-refractivity contribution >= 4 is 17.6 Å². The van der Waals surface area contributed by atoms with Gasteiger partial charge >= 0.3 is 12.1 Å². The molecule has 0 unspecified atom stereocenters. The number of nitrogens with one attached hydrogen (secondary N) is 1. The lowest BCUT2D eigenvalue weighted by molar-refractivity contribution is -0.153. The van der Waals surface area contributed by atoms with Crippen LogP contribution in [0.4, 0.5) is 18.9 Å². The second-order valence-corrected chi connectivity index (χ2v) is 3.86. The Morgan fingerprint density at radius 3 is 2.29 bits per heavy atom. The topological polar surface area (TPSA) is 84.9 Å². The second kappa shape index (κ2) is 7.48. The molecule has 0 aliphatic heterocycles. The van der Waals surface area contributed by atoms with Crippen LogP contribution in [-0.4, -0.2) is 43.0 Å². The molecule has 0 bridgehead atoms. The molecule has 0 saturated carbocycles. The van der Waals surface area contributed by atoms with Gasteiger partial charge in [0.1, 0.15) is 19.0 Å². The van der Waals surface area contributed by atoms with Gasteiger partial charge in [-0.3, -0.25) is 4.79 Å². The molecule has 0 aliphatic rings. The minimum absolute atomic E-state index is 0.00690. The lowest BCUT2D eigenvalue weighted by Gasteiger charge is -2.10. The summed E-state index contributed by atoms with van der Waals surface area (Å²) < 4.78 is 44.9. The van der Waals surface area contributed by atoms with Crippen molar-refractivity contribution in [1.29, 1.82) is 0 Å². The summed E-state index contributed by atoms with van der Waals surface area (Å²) in [5.74, 6) is -1.78. The van der Waals surface area contributed by atoms with Crippen molar-refractivity contribution in [3.63, 3.8) is 0 Å². The van der Waals surface area contributed by atoms with Crippen LogP contribution < -0.4 is 10.1 Å². The van der Waals surface area contributed by atoms with E-state index in [0.717, 1.165) is 0 Å². The van der Waals surface area contributed by atoms with E-state index in [4.69, 9.17) is 5.11 Å². The molecule has 0 saturated heterocycles. The number of carboxylic acids is 1. The molecule has 6 nitrogen and oxygen atoms in total. The van der Waals surface area contributed by atoms with Gasteiger partial charge in [-0.05, 0) is 24.3 Å². The number of aliphatic carboxylic acids is 1. The van der Waals surface area contributed by atoms with E-state index in [-0.39, 0.29) is 5.75 Å². The van der Waals surface area contributed by atoms with Gasteiger partial charge in [-0.25, -0.2) is 4.79 Å². The first kappa shape index (κ1) is 16.8. The molecule has 0 atom stereocenters. The van der Waals surface area contributed by atoms with Crippen LogP contribution in [0.1, 0.15) is 0 Å². The van der Waals surface area contributed by atoms with E-state index in [9.17, 15) is 22.8 Å². The lowest BCUT2D eigenvalue weighted by Crippen LogP contribution is -2.20. The summed E-state index contributed by atoms with van der Waals surface area (Å²) in [6.45, 7) is -2.45. The molecule has 116 valence electrons. The van der Waals surface area contributed by atoms with Gasteiger partial charge in [0.15, 0.2) is 6.61 Å². The van der Waals surface area contributed by atoms with Crippen LogP contribution in [0.15, 0.2) is 24.3 Å². The van der Waals surface area contributed by atoms with Crippen LogP contribution in [0, 0.1) is 0 Å². The van der Waals surface area contributed by atoms with Gasteiger partial charge in [0.2, 0.25) is 5.91 Å². The first-order valence-corrected chi connectivity index (χ1v) is 5.65. The van der Waals surface area contributed by atoms with Crippen molar-refractivity contribution in [2.24, 2.45) is 0 Å². The number of amides is 1. The van der Waals surface area contributed by atoms with Crippen LogP contribution in [0.3, 0.4) is 0 Å². The minimum atomic E-state index is -4.42. The van der Waals surface area contributed by atoms with Crippen molar-refractivity contribution in [3.8, 4) is 5.75 Å². The molecule has 0 aliphatic carbocycles. The number of rotatable bonds is 7. The zero-order valence-electron chi connectivity index (χ0n) is 10.6. The van der Waals surface area contributed by atoms with Gasteiger partial charge in [-0.2, -0.15) is 13.2 Å². The third kappa shape index (κ3) is 7.78. The summed E-state index contributed by atoms with van der Waals surface area (Å²) in [4.78, 5) is 21.5. The van der Waals surface area contributed by atoms with E-state index in [1.54, 1.807) is 0 Å². The molecule has 0 radical (unpaired) electrons. The molecule has 21 heavy (non-hydrogen) atoms. The SMILES string of the molecule is O=C(O)COCC(=O)Nc1ccc(OCC(F)(F)F)cc1. The third-order valence-corrected chi connectivity index (χ3v) is 2.00. The number of hydrogen-bond acceptors (Lipinski definition) is 4. The van der Waals surface area contributed by atoms with Crippen LogP contribution in [0.5, 0.6) is 5.75 Å². The maximum absolute atomic E-state index is 11.9. The predicted octanol–water partition coefficient (Wildman–Crippen LogP) is 1.67. The molecule has 1 aromatic carbocycles. The molecule has 0 heterocycles. The Balaban J connectivity index is 2.40. The molecular weight excluding hydrogens is 295 g/mol. The Labute approximate surface area is 117 Å². The van der Waals surface area contributed by atoms with Crippen LogP contribution >= 0.6 is 0 Å². The maximum atomic E-state index is 11.9. The first-order valence-electron chi connectivity index (χ1n) is 5.65.